The summed E-state index contributed by atoms with van der Waals surface area (Å²) in [6, 6.07) is 8.33. The summed E-state index contributed by atoms with van der Waals surface area (Å²) in [7, 11) is 0. The predicted octanol–water partition coefficient (Wildman–Crippen LogP) is 5.35. The van der Waals surface area contributed by atoms with Crippen molar-refractivity contribution in [3.63, 3.8) is 0 Å². The van der Waals surface area contributed by atoms with E-state index in [1.165, 1.54) is 22.7 Å². The highest BCUT2D eigenvalue weighted by atomic mass is 35.5. The first-order valence-electron chi connectivity index (χ1n) is 8.34. The zero-order chi connectivity index (χ0) is 19.7. The number of benzene rings is 1. The molecule has 6 nitrogen and oxygen atoms in total. The van der Waals surface area contributed by atoms with Crippen molar-refractivity contribution in [2.45, 2.75) is 13.0 Å². The molecule has 2 N–H and O–H groups in total. The third kappa shape index (κ3) is 4.15. The van der Waals surface area contributed by atoms with Crippen LogP contribution in [-0.2, 0) is 13.0 Å². The number of urea groups is 1. The number of nitrogens with one attached hydrogen (secondary N) is 2. The molecule has 0 spiro atoms. The van der Waals surface area contributed by atoms with E-state index in [0.29, 0.717) is 45.3 Å². The summed E-state index contributed by atoms with van der Waals surface area (Å²) in [6.45, 7) is 0.983. The fraction of sp³-hybridized carbons (Fsp3) is 0.167. The SMILES string of the molecule is O=C(Nc1nc2c(s1)CN(C(=O)Nc1ccc(Cl)c(Cl)c1)CC2)c1cccs1. The van der Waals surface area contributed by atoms with Gasteiger partial charge in [-0.05, 0) is 29.6 Å². The first-order chi connectivity index (χ1) is 13.5. The monoisotopic (exact) mass is 452 g/mol. The van der Waals surface area contributed by atoms with Gasteiger partial charge in [-0.1, -0.05) is 40.6 Å². The summed E-state index contributed by atoms with van der Waals surface area (Å²) >= 11 is 14.7. The Bertz CT molecular complexity index is 1040. The number of rotatable bonds is 3. The molecule has 1 aliphatic rings. The fourth-order valence-corrected chi connectivity index (χ4v) is 4.70. The molecule has 0 atom stereocenters. The number of carbonyl (C=O) groups is 2. The van der Waals surface area contributed by atoms with E-state index in [9.17, 15) is 9.59 Å². The van der Waals surface area contributed by atoms with Crippen LogP contribution in [0.4, 0.5) is 15.6 Å². The van der Waals surface area contributed by atoms with E-state index in [0.717, 1.165) is 10.6 Å². The molecule has 0 bridgehead atoms. The van der Waals surface area contributed by atoms with Crippen molar-refractivity contribution < 1.29 is 9.59 Å². The molecule has 3 amide bonds. The smallest absolute Gasteiger partial charge is 0.319 e. The molecule has 0 unspecified atom stereocenters. The number of carbonyl (C=O) groups excluding carboxylic acids is 2. The van der Waals surface area contributed by atoms with Crippen LogP contribution in [0.3, 0.4) is 0 Å². The maximum Gasteiger partial charge on any atom is 0.322 e. The molecule has 0 fully saturated rings. The second-order valence-corrected chi connectivity index (χ2v) is 8.90. The maximum absolute atomic E-state index is 12.6. The maximum atomic E-state index is 12.6. The molecule has 28 heavy (non-hydrogen) atoms. The number of nitrogens with zero attached hydrogens (tertiary/aromatic N) is 2. The van der Waals surface area contributed by atoms with Gasteiger partial charge in [-0.2, -0.15) is 0 Å². The van der Waals surface area contributed by atoms with Crippen LogP contribution in [-0.4, -0.2) is 28.4 Å². The lowest BCUT2D eigenvalue weighted by atomic mass is 10.2. The van der Waals surface area contributed by atoms with Crippen LogP contribution in [0.25, 0.3) is 0 Å². The molecule has 144 valence electrons. The van der Waals surface area contributed by atoms with Crippen LogP contribution in [0.1, 0.15) is 20.2 Å². The minimum Gasteiger partial charge on any atom is -0.319 e. The zero-order valence-corrected chi connectivity index (χ0v) is 17.5. The van der Waals surface area contributed by atoms with Gasteiger partial charge in [0.1, 0.15) is 0 Å². The van der Waals surface area contributed by atoms with E-state index in [2.05, 4.69) is 15.6 Å². The number of hydrogen-bond acceptors (Lipinski definition) is 5. The molecule has 1 aliphatic heterocycles. The standard InChI is InChI=1S/C18H14Cl2N4O2S2/c19-11-4-3-10(8-12(11)20)21-18(26)24-6-5-13-15(9-24)28-17(22-13)23-16(25)14-2-1-7-27-14/h1-4,7-8H,5-6,9H2,(H,21,26)(H,22,23,25). The number of thiazole rings is 1. The highest BCUT2D eigenvalue weighted by molar-refractivity contribution is 7.16. The summed E-state index contributed by atoms with van der Waals surface area (Å²) in [6.07, 6.45) is 0.634. The lowest BCUT2D eigenvalue weighted by Gasteiger charge is -2.26. The van der Waals surface area contributed by atoms with Crippen LogP contribution in [0.5, 0.6) is 0 Å². The Hall–Kier alpha value is -2.13. The predicted molar refractivity (Wildman–Crippen MR) is 114 cm³/mol. The highest BCUT2D eigenvalue weighted by Crippen LogP contribution is 2.30. The second-order valence-electron chi connectivity index (χ2n) is 6.05. The number of anilines is 2. The first-order valence-corrected chi connectivity index (χ1v) is 10.8. The van der Waals surface area contributed by atoms with E-state index in [-0.39, 0.29) is 11.9 Å². The Morgan fingerprint density at radius 3 is 2.75 bits per heavy atom. The van der Waals surface area contributed by atoms with Gasteiger partial charge in [-0.15, -0.1) is 11.3 Å². The van der Waals surface area contributed by atoms with E-state index in [4.69, 9.17) is 23.2 Å². The van der Waals surface area contributed by atoms with Crippen molar-refractivity contribution in [2.24, 2.45) is 0 Å². The molecular formula is C18H14Cl2N4O2S2. The fourth-order valence-electron chi connectivity index (χ4n) is 2.77. The van der Waals surface area contributed by atoms with Crippen molar-refractivity contribution in [3.05, 3.63) is 61.2 Å². The van der Waals surface area contributed by atoms with Crippen LogP contribution in [0.2, 0.25) is 10.0 Å². The number of halogens is 2. The Labute approximate surface area is 179 Å². The Kier molecular flexibility index (Phi) is 5.54. The Morgan fingerprint density at radius 2 is 2.00 bits per heavy atom. The number of fused-ring (bicyclic) bond motifs is 1. The van der Waals surface area contributed by atoms with Gasteiger partial charge in [0.2, 0.25) is 0 Å². The van der Waals surface area contributed by atoms with E-state index in [1.54, 1.807) is 29.2 Å². The molecule has 10 heteroatoms. The van der Waals surface area contributed by atoms with Crippen molar-refractivity contribution in [2.75, 3.05) is 17.2 Å². The van der Waals surface area contributed by atoms with E-state index >= 15 is 0 Å². The minimum absolute atomic E-state index is 0.171. The first kappa shape index (κ1) is 19.2. The third-order valence-electron chi connectivity index (χ3n) is 4.15. The van der Waals surface area contributed by atoms with Crippen LogP contribution in [0, 0.1) is 0 Å². The molecule has 4 rings (SSSR count). The lowest BCUT2D eigenvalue weighted by molar-refractivity contribution is 0.103. The van der Waals surface area contributed by atoms with Crippen molar-refractivity contribution in [1.82, 2.24) is 9.88 Å². The molecular weight excluding hydrogens is 439 g/mol. The third-order valence-corrected chi connectivity index (χ3v) is 6.76. The number of aromatic nitrogens is 1. The molecule has 3 aromatic rings. The van der Waals surface area contributed by atoms with E-state index < -0.39 is 0 Å². The molecule has 0 aliphatic carbocycles. The van der Waals surface area contributed by atoms with Gasteiger partial charge in [0.15, 0.2) is 5.13 Å². The summed E-state index contributed by atoms with van der Waals surface area (Å²) in [4.78, 5) is 32.6. The van der Waals surface area contributed by atoms with Gasteiger partial charge >= 0.3 is 6.03 Å². The quantitative estimate of drug-likeness (QED) is 0.561. The largest absolute Gasteiger partial charge is 0.322 e. The molecule has 2 aromatic heterocycles. The summed E-state index contributed by atoms with van der Waals surface area (Å²) in [5.41, 5.74) is 1.50. The van der Waals surface area contributed by atoms with Crippen LogP contribution >= 0.6 is 45.9 Å². The van der Waals surface area contributed by atoms with Crippen molar-refractivity contribution in [1.29, 1.82) is 0 Å². The average Bonchev–Trinajstić information content (AvgIpc) is 3.33. The Morgan fingerprint density at radius 1 is 1.14 bits per heavy atom. The van der Waals surface area contributed by atoms with Gasteiger partial charge in [0.05, 0.1) is 27.2 Å². The average molecular weight is 453 g/mol. The minimum atomic E-state index is -0.221. The lowest BCUT2D eigenvalue weighted by Crippen LogP contribution is -2.38. The van der Waals surface area contributed by atoms with E-state index in [1.807, 2.05) is 11.4 Å². The van der Waals surface area contributed by atoms with Crippen molar-refractivity contribution >= 4 is 68.6 Å². The molecule has 0 saturated carbocycles. The van der Waals surface area contributed by atoms with Crippen molar-refractivity contribution in [3.8, 4) is 0 Å². The second kappa shape index (κ2) is 8.08. The van der Waals surface area contributed by atoms with Gasteiger partial charge in [0, 0.05) is 23.5 Å². The number of thiophene rings is 1. The molecule has 0 radical (unpaired) electrons. The topological polar surface area (TPSA) is 74.3 Å². The van der Waals surface area contributed by atoms with Gasteiger partial charge in [0.25, 0.3) is 5.91 Å². The molecule has 3 heterocycles. The van der Waals surface area contributed by atoms with Gasteiger partial charge < -0.3 is 10.2 Å². The van der Waals surface area contributed by atoms with Gasteiger partial charge in [-0.3, -0.25) is 10.1 Å². The molecule has 1 aromatic carbocycles. The number of hydrogen-bond donors (Lipinski definition) is 2. The summed E-state index contributed by atoms with van der Waals surface area (Å²) in [5.74, 6) is -0.171. The zero-order valence-electron chi connectivity index (χ0n) is 14.4. The normalized spacial score (nSPS) is 13.1. The highest BCUT2D eigenvalue weighted by Gasteiger charge is 2.25. The number of amides is 3. The summed E-state index contributed by atoms with van der Waals surface area (Å²) < 4.78 is 0. The van der Waals surface area contributed by atoms with Gasteiger partial charge in [-0.25, -0.2) is 9.78 Å². The molecule has 0 saturated heterocycles. The summed E-state index contributed by atoms with van der Waals surface area (Å²) in [5, 5.41) is 8.88. The van der Waals surface area contributed by atoms with Crippen LogP contribution in [0.15, 0.2) is 35.7 Å². The van der Waals surface area contributed by atoms with Crippen LogP contribution < -0.4 is 10.6 Å². The Balaban J connectivity index is 1.41.